The van der Waals surface area contributed by atoms with Gasteiger partial charge in [0.05, 0.1) is 13.7 Å². The van der Waals surface area contributed by atoms with Crippen LogP contribution >= 0.6 is 15.9 Å². The number of methoxy groups -OCH3 is 1. The third kappa shape index (κ3) is 5.31. The van der Waals surface area contributed by atoms with Crippen LogP contribution in [-0.4, -0.2) is 32.8 Å². The van der Waals surface area contributed by atoms with Gasteiger partial charge in [-0.05, 0) is 48.2 Å². The molecule has 1 heterocycles. The van der Waals surface area contributed by atoms with Gasteiger partial charge < -0.3 is 14.8 Å². The van der Waals surface area contributed by atoms with Gasteiger partial charge in [-0.2, -0.15) is 0 Å². The van der Waals surface area contributed by atoms with Crippen LogP contribution in [0.25, 0.3) is 0 Å². The van der Waals surface area contributed by atoms with Crippen LogP contribution in [0.2, 0.25) is 0 Å². The predicted molar refractivity (Wildman–Crippen MR) is 109 cm³/mol. The quantitative estimate of drug-likeness (QED) is 0.703. The molecule has 0 atom stereocenters. The van der Waals surface area contributed by atoms with Crippen LogP contribution in [0.4, 0.5) is 0 Å². The van der Waals surface area contributed by atoms with Crippen molar-refractivity contribution in [1.82, 2.24) is 10.6 Å². The Morgan fingerprint density at radius 2 is 1.93 bits per heavy atom. The Balaban J connectivity index is 1.58. The van der Waals surface area contributed by atoms with Crippen LogP contribution in [0, 0.1) is 0 Å². The van der Waals surface area contributed by atoms with E-state index < -0.39 is 0 Å². The van der Waals surface area contributed by atoms with E-state index >= 15 is 0 Å². The van der Waals surface area contributed by atoms with Crippen molar-refractivity contribution in [2.75, 3.05) is 26.9 Å². The van der Waals surface area contributed by atoms with Gasteiger partial charge >= 0.3 is 0 Å². The Labute approximate surface area is 168 Å². The summed E-state index contributed by atoms with van der Waals surface area (Å²) >= 11 is 3.55. The highest BCUT2D eigenvalue weighted by molar-refractivity contribution is 9.10. The van der Waals surface area contributed by atoms with E-state index in [4.69, 9.17) is 9.47 Å². The van der Waals surface area contributed by atoms with Gasteiger partial charge in [0.2, 0.25) is 5.91 Å². The van der Waals surface area contributed by atoms with E-state index in [0.717, 1.165) is 28.6 Å². The molecule has 0 aromatic heterocycles. The first-order valence-corrected chi connectivity index (χ1v) is 9.89. The Bertz CT molecular complexity index is 758. The van der Waals surface area contributed by atoms with Gasteiger partial charge in [-0.1, -0.05) is 40.2 Å². The van der Waals surface area contributed by atoms with Crippen molar-refractivity contribution in [2.45, 2.75) is 24.9 Å². The van der Waals surface area contributed by atoms with E-state index in [1.54, 1.807) is 7.11 Å². The maximum Gasteiger partial charge on any atom is 0.234 e. The molecule has 0 spiro atoms. The SMILES string of the molecule is COc1ccc(CNC(=O)CNC2(c3cccc(Br)c3)CCOCC2)cc1. The van der Waals surface area contributed by atoms with Crippen LogP contribution < -0.4 is 15.4 Å². The summed E-state index contributed by atoms with van der Waals surface area (Å²) in [7, 11) is 1.64. The van der Waals surface area contributed by atoms with Crippen LogP contribution in [0.3, 0.4) is 0 Å². The van der Waals surface area contributed by atoms with E-state index in [2.05, 4.69) is 38.7 Å². The fourth-order valence-electron chi connectivity index (χ4n) is 3.33. The Morgan fingerprint density at radius 1 is 1.19 bits per heavy atom. The number of hydrogen-bond donors (Lipinski definition) is 2. The molecule has 5 nitrogen and oxygen atoms in total. The maximum atomic E-state index is 12.4. The minimum absolute atomic E-state index is 0.0216. The number of nitrogens with one attached hydrogen (secondary N) is 2. The minimum Gasteiger partial charge on any atom is -0.497 e. The normalized spacial score (nSPS) is 15.9. The van der Waals surface area contributed by atoms with Crippen molar-refractivity contribution >= 4 is 21.8 Å². The molecule has 144 valence electrons. The number of carbonyl (C=O) groups excluding carboxylic acids is 1. The molecular weight excluding hydrogens is 408 g/mol. The molecule has 6 heteroatoms. The van der Waals surface area contributed by atoms with Crippen molar-refractivity contribution in [3.63, 3.8) is 0 Å². The van der Waals surface area contributed by atoms with Crippen molar-refractivity contribution in [2.24, 2.45) is 0 Å². The lowest BCUT2D eigenvalue weighted by molar-refractivity contribution is -0.121. The van der Waals surface area contributed by atoms with E-state index in [9.17, 15) is 4.79 Å². The van der Waals surface area contributed by atoms with E-state index in [0.29, 0.717) is 19.8 Å². The number of rotatable bonds is 7. The molecule has 27 heavy (non-hydrogen) atoms. The van der Waals surface area contributed by atoms with Crippen LogP contribution in [-0.2, 0) is 21.6 Å². The van der Waals surface area contributed by atoms with Gasteiger partial charge in [0.25, 0.3) is 0 Å². The van der Waals surface area contributed by atoms with Gasteiger partial charge in [-0.15, -0.1) is 0 Å². The summed E-state index contributed by atoms with van der Waals surface area (Å²) in [4.78, 5) is 12.4. The number of amides is 1. The van der Waals surface area contributed by atoms with Crippen LogP contribution in [0.1, 0.15) is 24.0 Å². The molecule has 3 rings (SSSR count). The fourth-order valence-corrected chi connectivity index (χ4v) is 3.73. The molecular formula is C21H25BrN2O3. The summed E-state index contributed by atoms with van der Waals surface area (Å²) in [6.07, 6.45) is 1.68. The van der Waals surface area contributed by atoms with Crippen molar-refractivity contribution in [3.8, 4) is 5.75 Å². The summed E-state index contributed by atoms with van der Waals surface area (Å²) in [6, 6.07) is 16.0. The summed E-state index contributed by atoms with van der Waals surface area (Å²) in [5.41, 5.74) is 1.99. The zero-order valence-electron chi connectivity index (χ0n) is 15.5. The molecule has 1 saturated heterocycles. The average molecular weight is 433 g/mol. The van der Waals surface area contributed by atoms with Gasteiger partial charge in [0.1, 0.15) is 5.75 Å². The lowest BCUT2D eigenvalue weighted by atomic mass is 9.82. The van der Waals surface area contributed by atoms with Crippen molar-refractivity contribution < 1.29 is 14.3 Å². The number of hydrogen-bond acceptors (Lipinski definition) is 4. The molecule has 2 N–H and O–H groups in total. The summed E-state index contributed by atoms with van der Waals surface area (Å²) < 4.78 is 11.7. The standard InChI is InChI=1S/C21H25BrN2O3/c1-26-19-7-5-16(6-8-19)14-23-20(25)15-24-21(9-11-27-12-10-21)17-3-2-4-18(22)13-17/h2-8,13,24H,9-12,14-15H2,1H3,(H,23,25). The largest absolute Gasteiger partial charge is 0.497 e. The highest BCUT2D eigenvalue weighted by Gasteiger charge is 2.34. The molecule has 1 aliphatic rings. The summed E-state index contributed by atoms with van der Waals surface area (Å²) in [5, 5.41) is 6.47. The number of carbonyl (C=O) groups is 1. The van der Waals surface area contributed by atoms with E-state index in [1.165, 1.54) is 5.56 Å². The molecule has 0 unspecified atom stereocenters. The number of halogens is 1. The minimum atomic E-state index is -0.237. The molecule has 0 radical (unpaired) electrons. The molecule has 1 aliphatic heterocycles. The van der Waals surface area contributed by atoms with Gasteiger partial charge in [-0.3, -0.25) is 10.1 Å². The molecule has 2 aromatic rings. The summed E-state index contributed by atoms with van der Waals surface area (Å²) in [5.74, 6) is 0.786. The second-order valence-corrected chi connectivity index (χ2v) is 7.60. The molecule has 0 aliphatic carbocycles. The fraction of sp³-hybridized carbons (Fsp3) is 0.381. The highest BCUT2D eigenvalue weighted by atomic mass is 79.9. The first-order chi connectivity index (χ1) is 13.1. The molecule has 2 aromatic carbocycles. The van der Waals surface area contributed by atoms with Gasteiger partial charge in [0, 0.05) is 29.8 Å². The highest BCUT2D eigenvalue weighted by Crippen LogP contribution is 2.33. The molecule has 1 amide bonds. The van der Waals surface area contributed by atoms with Crippen LogP contribution in [0.5, 0.6) is 5.75 Å². The summed E-state index contributed by atoms with van der Waals surface area (Å²) in [6.45, 7) is 2.14. The van der Waals surface area contributed by atoms with Crippen LogP contribution in [0.15, 0.2) is 53.0 Å². The first-order valence-electron chi connectivity index (χ1n) is 9.10. The Morgan fingerprint density at radius 3 is 2.59 bits per heavy atom. The van der Waals surface area contributed by atoms with E-state index in [1.807, 2.05) is 36.4 Å². The molecule has 1 fully saturated rings. The number of benzene rings is 2. The lowest BCUT2D eigenvalue weighted by Crippen LogP contribution is -2.50. The Kier molecular flexibility index (Phi) is 6.88. The monoisotopic (exact) mass is 432 g/mol. The topological polar surface area (TPSA) is 59.6 Å². The average Bonchev–Trinajstić information content (AvgIpc) is 2.72. The zero-order chi connectivity index (χ0) is 19.1. The van der Waals surface area contributed by atoms with Gasteiger partial charge in [-0.25, -0.2) is 0 Å². The molecule has 0 bridgehead atoms. The third-order valence-electron chi connectivity index (χ3n) is 4.96. The zero-order valence-corrected chi connectivity index (χ0v) is 17.1. The maximum absolute atomic E-state index is 12.4. The molecule has 0 saturated carbocycles. The smallest absolute Gasteiger partial charge is 0.234 e. The van der Waals surface area contributed by atoms with Crippen molar-refractivity contribution in [3.05, 3.63) is 64.1 Å². The predicted octanol–water partition coefficient (Wildman–Crippen LogP) is 3.37. The second kappa shape index (κ2) is 9.35. The Hall–Kier alpha value is -1.89. The lowest BCUT2D eigenvalue weighted by Gasteiger charge is -2.38. The van der Waals surface area contributed by atoms with Gasteiger partial charge in [0.15, 0.2) is 0 Å². The number of ether oxygens (including phenoxy) is 2. The van der Waals surface area contributed by atoms with E-state index in [-0.39, 0.29) is 18.0 Å². The van der Waals surface area contributed by atoms with Crippen molar-refractivity contribution in [1.29, 1.82) is 0 Å². The first kappa shape index (κ1) is 19.9. The second-order valence-electron chi connectivity index (χ2n) is 6.68. The third-order valence-corrected chi connectivity index (χ3v) is 5.45.